The standard InChI is InChI=1S/C17H13N5O/c18-11-14-12-20-22(15-8-4-5-9-19-15)17(14)21-16(23)10-13-6-2-1-3-7-13/h1-9,12H,10H2,(H,21,23). The average Bonchev–Trinajstić information content (AvgIpc) is 2.99. The first-order valence-corrected chi connectivity index (χ1v) is 7.01. The Morgan fingerprint density at radius 1 is 1.17 bits per heavy atom. The van der Waals surface area contributed by atoms with Crippen LogP contribution in [-0.4, -0.2) is 20.7 Å². The SMILES string of the molecule is N#Cc1cnn(-c2ccccn2)c1NC(=O)Cc1ccccc1. The lowest BCUT2D eigenvalue weighted by atomic mass is 10.1. The first-order valence-electron chi connectivity index (χ1n) is 7.01. The van der Waals surface area contributed by atoms with Crippen LogP contribution in [0.25, 0.3) is 5.82 Å². The predicted molar refractivity (Wildman–Crippen MR) is 84.8 cm³/mol. The number of hydrogen-bond acceptors (Lipinski definition) is 4. The average molecular weight is 303 g/mol. The summed E-state index contributed by atoms with van der Waals surface area (Å²) >= 11 is 0. The third kappa shape index (κ3) is 3.24. The molecule has 0 saturated heterocycles. The van der Waals surface area contributed by atoms with Crippen LogP contribution in [0.3, 0.4) is 0 Å². The summed E-state index contributed by atoms with van der Waals surface area (Å²) in [7, 11) is 0. The Bertz CT molecular complexity index is 850. The molecule has 2 aromatic heterocycles. The van der Waals surface area contributed by atoms with Gasteiger partial charge in [0.25, 0.3) is 0 Å². The van der Waals surface area contributed by atoms with Gasteiger partial charge in [0.15, 0.2) is 11.6 Å². The fourth-order valence-corrected chi connectivity index (χ4v) is 2.16. The Morgan fingerprint density at radius 3 is 2.65 bits per heavy atom. The smallest absolute Gasteiger partial charge is 0.229 e. The van der Waals surface area contributed by atoms with Crippen LogP contribution in [0.4, 0.5) is 5.82 Å². The lowest BCUT2D eigenvalue weighted by Gasteiger charge is -2.09. The van der Waals surface area contributed by atoms with Crippen LogP contribution >= 0.6 is 0 Å². The number of carbonyl (C=O) groups excluding carboxylic acids is 1. The summed E-state index contributed by atoms with van der Waals surface area (Å²) in [5, 5.41) is 16.1. The molecule has 0 aliphatic rings. The number of nitrogens with one attached hydrogen (secondary N) is 1. The van der Waals surface area contributed by atoms with Gasteiger partial charge in [0.1, 0.15) is 11.6 Å². The molecule has 1 N–H and O–H groups in total. The van der Waals surface area contributed by atoms with Crippen molar-refractivity contribution in [2.75, 3.05) is 5.32 Å². The summed E-state index contributed by atoms with van der Waals surface area (Å²) in [5.41, 5.74) is 1.18. The molecule has 1 aromatic carbocycles. The van der Waals surface area contributed by atoms with Crippen molar-refractivity contribution in [3.63, 3.8) is 0 Å². The van der Waals surface area contributed by atoms with Gasteiger partial charge in [0.05, 0.1) is 12.6 Å². The number of carbonyl (C=O) groups is 1. The Hall–Kier alpha value is -3.46. The lowest BCUT2D eigenvalue weighted by molar-refractivity contribution is -0.115. The third-order valence-corrected chi connectivity index (χ3v) is 3.22. The van der Waals surface area contributed by atoms with E-state index in [9.17, 15) is 10.1 Å². The second-order valence-corrected chi connectivity index (χ2v) is 4.83. The first-order chi connectivity index (χ1) is 11.3. The molecule has 6 heteroatoms. The van der Waals surface area contributed by atoms with Gasteiger partial charge < -0.3 is 5.32 Å². The van der Waals surface area contributed by atoms with Crippen molar-refractivity contribution in [1.82, 2.24) is 14.8 Å². The van der Waals surface area contributed by atoms with Crippen molar-refractivity contribution in [2.45, 2.75) is 6.42 Å². The molecule has 2 heterocycles. The largest absolute Gasteiger partial charge is 0.309 e. The van der Waals surface area contributed by atoms with Crippen molar-refractivity contribution in [2.24, 2.45) is 0 Å². The zero-order valence-corrected chi connectivity index (χ0v) is 12.2. The van der Waals surface area contributed by atoms with Crippen LogP contribution in [0.15, 0.2) is 60.9 Å². The summed E-state index contributed by atoms with van der Waals surface area (Å²) in [6.45, 7) is 0. The van der Waals surface area contributed by atoms with E-state index >= 15 is 0 Å². The molecule has 0 aliphatic carbocycles. The second-order valence-electron chi connectivity index (χ2n) is 4.83. The quantitative estimate of drug-likeness (QED) is 0.801. The number of anilines is 1. The number of amides is 1. The van der Waals surface area contributed by atoms with E-state index in [4.69, 9.17) is 0 Å². The van der Waals surface area contributed by atoms with E-state index in [0.29, 0.717) is 11.6 Å². The highest BCUT2D eigenvalue weighted by molar-refractivity contribution is 5.92. The molecule has 3 rings (SSSR count). The third-order valence-electron chi connectivity index (χ3n) is 3.22. The van der Waals surface area contributed by atoms with E-state index in [0.717, 1.165) is 5.56 Å². The van der Waals surface area contributed by atoms with Crippen LogP contribution in [0.5, 0.6) is 0 Å². The number of benzene rings is 1. The van der Waals surface area contributed by atoms with Gasteiger partial charge in [-0.1, -0.05) is 36.4 Å². The molecule has 3 aromatic rings. The number of nitriles is 1. The van der Waals surface area contributed by atoms with Crippen molar-refractivity contribution in [3.8, 4) is 11.9 Å². The Kier molecular flexibility index (Phi) is 4.11. The maximum atomic E-state index is 12.2. The van der Waals surface area contributed by atoms with Crippen LogP contribution in [0.1, 0.15) is 11.1 Å². The van der Waals surface area contributed by atoms with Gasteiger partial charge in [0, 0.05) is 6.20 Å². The van der Waals surface area contributed by atoms with Crippen LogP contribution in [0, 0.1) is 11.3 Å². The molecule has 0 saturated carbocycles. The van der Waals surface area contributed by atoms with Crippen molar-refractivity contribution < 1.29 is 4.79 Å². The van der Waals surface area contributed by atoms with Crippen molar-refractivity contribution in [3.05, 3.63) is 72.1 Å². The predicted octanol–water partition coefficient (Wildman–Crippen LogP) is 2.32. The van der Waals surface area contributed by atoms with E-state index in [1.807, 2.05) is 42.5 Å². The highest BCUT2D eigenvalue weighted by Gasteiger charge is 2.15. The van der Waals surface area contributed by atoms with Gasteiger partial charge in [-0.25, -0.2) is 4.98 Å². The summed E-state index contributed by atoms with van der Waals surface area (Å²) < 4.78 is 1.45. The van der Waals surface area contributed by atoms with E-state index in [1.54, 1.807) is 18.3 Å². The molecule has 0 bridgehead atoms. The van der Waals surface area contributed by atoms with E-state index in [1.165, 1.54) is 10.9 Å². The molecule has 0 spiro atoms. The molecule has 0 aliphatic heterocycles. The number of pyridine rings is 1. The van der Waals surface area contributed by atoms with E-state index in [2.05, 4.69) is 15.4 Å². The minimum Gasteiger partial charge on any atom is -0.309 e. The van der Waals surface area contributed by atoms with Gasteiger partial charge >= 0.3 is 0 Å². The van der Waals surface area contributed by atoms with Crippen LogP contribution < -0.4 is 5.32 Å². The zero-order chi connectivity index (χ0) is 16.1. The van der Waals surface area contributed by atoms with E-state index < -0.39 is 0 Å². The molecule has 0 atom stereocenters. The fraction of sp³-hybridized carbons (Fsp3) is 0.0588. The molecular weight excluding hydrogens is 290 g/mol. The zero-order valence-electron chi connectivity index (χ0n) is 12.2. The molecule has 1 amide bonds. The molecule has 6 nitrogen and oxygen atoms in total. The van der Waals surface area contributed by atoms with Crippen molar-refractivity contribution in [1.29, 1.82) is 5.26 Å². The minimum atomic E-state index is -0.217. The topological polar surface area (TPSA) is 83.6 Å². The summed E-state index contributed by atoms with van der Waals surface area (Å²) in [5.74, 6) is 0.640. The van der Waals surface area contributed by atoms with Crippen LogP contribution in [0.2, 0.25) is 0 Å². The van der Waals surface area contributed by atoms with Gasteiger partial charge in [-0.15, -0.1) is 0 Å². The maximum absolute atomic E-state index is 12.2. The number of hydrogen-bond donors (Lipinski definition) is 1. The second kappa shape index (κ2) is 6.54. The Balaban J connectivity index is 1.86. The number of nitrogens with zero attached hydrogens (tertiary/aromatic N) is 4. The monoisotopic (exact) mass is 303 g/mol. The molecule has 0 radical (unpaired) electrons. The summed E-state index contributed by atoms with van der Waals surface area (Å²) in [4.78, 5) is 16.4. The lowest BCUT2D eigenvalue weighted by Crippen LogP contribution is -2.18. The summed E-state index contributed by atoms with van der Waals surface area (Å²) in [6.07, 6.45) is 3.25. The Labute approximate surface area is 133 Å². The Morgan fingerprint density at radius 2 is 1.96 bits per heavy atom. The van der Waals surface area contributed by atoms with Gasteiger partial charge in [-0.2, -0.15) is 15.0 Å². The fourth-order valence-electron chi connectivity index (χ4n) is 2.16. The minimum absolute atomic E-state index is 0.217. The van der Waals surface area contributed by atoms with Gasteiger partial charge in [0.2, 0.25) is 5.91 Å². The summed E-state index contributed by atoms with van der Waals surface area (Å²) in [6, 6.07) is 16.8. The highest BCUT2D eigenvalue weighted by Crippen LogP contribution is 2.18. The van der Waals surface area contributed by atoms with Gasteiger partial charge in [-0.05, 0) is 17.7 Å². The molecular formula is C17H13N5O. The molecule has 112 valence electrons. The molecule has 23 heavy (non-hydrogen) atoms. The van der Waals surface area contributed by atoms with E-state index in [-0.39, 0.29) is 17.9 Å². The number of rotatable bonds is 4. The van der Waals surface area contributed by atoms with Gasteiger partial charge in [-0.3, -0.25) is 4.79 Å². The molecule has 0 fully saturated rings. The molecule has 0 unspecified atom stereocenters. The van der Waals surface area contributed by atoms with Crippen molar-refractivity contribution >= 4 is 11.7 Å². The number of aromatic nitrogens is 3. The van der Waals surface area contributed by atoms with Crippen LogP contribution in [-0.2, 0) is 11.2 Å². The maximum Gasteiger partial charge on any atom is 0.229 e. The normalized spacial score (nSPS) is 10.0. The first kappa shape index (κ1) is 14.5. The highest BCUT2D eigenvalue weighted by atomic mass is 16.1.